The fourth-order valence-corrected chi connectivity index (χ4v) is 1.82. The highest BCUT2D eigenvalue weighted by molar-refractivity contribution is 5.40. The molecule has 0 radical (unpaired) electrons. The molecule has 0 aromatic carbocycles. The van der Waals surface area contributed by atoms with Gasteiger partial charge in [-0.25, -0.2) is 9.99 Å². The van der Waals surface area contributed by atoms with E-state index in [1.807, 2.05) is 5.01 Å². The van der Waals surface area contributed by atoms with Gasteiger partial charge < -0.3 is 5.43 Å². The molecule has 1 aliphatic rings. The van der Waals surface area contributed by atoms with Crippen LogP contribution >= 0.6 is 0 Å². The summed E-state index contributed by atoms with van der Waals surface area (Å²) in [6.07, 6.45) is 0.284. The summed E-state index contributed by atoms with van der Waals surface area (Å²) in [7, 11) is 0. The molecule has 0 bridgehead atoms. The number of hydrogen-bond acceptors (Lipinski definition) is 3. The molecule has 1 N–H and O–H groups in total. The van der Waals surface area contributed by atoms with Crippen molar-refractivity contribution >= 4 is 5.69 Å². The van der Waals surface area contributed by atoms with Crippen molar-refractivity contribution in [2.24, 2.45) is 0 Å². The second kappa shape index (κ2) is 4.91. The van der Waals surface area contributed by atoms with Gasteiger partial charge in [0.25, 0.3) is 0 Å². The Hall–Kier alpha value is -1.30. The number of piperidine rings is 1. The number of pyridine rings is 1. The van der Waals surface area contributed by atoms with Gasteiger partial charge in [0, 0.05) is 13.1 Å². The van der Waals surface area contributed by atoms with Crippen molar-refractivity contribution in [3.63, 3.8) is 0 Å². The lowest BCUT2D eigenvalue weighted by Crippen LogP contribution is -2.34. The molecule has 94 valence electrons. The fraction of sp³-hybridized carbons (Fsp3) is 0.545. The summed E-state index contributed by atoms with van der Waals surface area (Å²) in [5.74, 6) is 0. The fourth-order valence-electron chi connectivity index (χ4n) is 1.82. The van der Waals surface area contributed by atoms with Gasteiger partial charge >= 0.3 is 6.18 Å². The molecule has 2 heterocycles. The van der Waals surface area contributed by atoms with Crippen LogP contribution in [0.15, 0.2) is 18.3 Å². The highest BCUT2D eigenvalue weighted by Gasteiger charge is 2.32. The molecule has 6 heteroatoms. The molecule has 0 aliphatic carbocycles. The second-order valence-corrected chi connectivity index (χ2v) is 4.09. The van der Waals surface area contributed by atoms with Crippen LogP contribution in [0.5, 0.6) is 0 Å². The molecule has 3 nitrogen and oxygen atoms in total. The standard InChI is InChI=1S/C11H14F3N3/c12-11(13,14)10-5-4-9(8-15-10)16-17-6-2-1-3-7-17/h4-5,8,16H,1-3,6-7H2. The lowest BCUT2D eigenvalue weighted by Gasteiger charge is -2.27. The minimum atomic E-state index is -4.37. The molecule has 0 spiro atoms. The zero-order valence-electron chi connectivity index (χ0n) is 9.30. The average Bonchev–Trinajstić information content (AvgIpc) is 2.30. The molecular weight excluding hydrogens is 231 g/mol. The van der Waals surface area contributed by atoms with E-state index in [1.165, 1.54) is 18.7 Å². The summed E-state index contributed by atoms with van der Waals surface area (Å²) < 4.78 is 36.9. The Morgan fingerprint density at radius 1 is 1.12 bits per heavy atom. The van der Waals surface area contributed by atoms with E-state index in [4.69, 9.17) is 0 Å². The van der Waals surface area contributed by atoms with Gasteiger partial charge in [0.15, 0.2) is 0 Å². The van der Waals surface area contributed by atoms with Crippen molar-refractivity contribution in [1.82, 2.24) is 9.99 Å². The van der Waals surface area contributed by atoms with Crippen LogP contribution in [0.4, 0.5) is 18.9 Å². The Bertz CT molecular complexity index is 355. The van der Waals surface area contributed by atoms with E-state index >= 15 is 0 Å². The Balaban J connectivity index is 1.98. The molecule has 2 rings (SSSR count). The van der Waals surface area contributed by atoms with Crippen molar-refractivity contribution in [1.29, 1.82) is 0 Å². The molecular formula is C11H14F3N3. The molecule has 0 unspecified atom stereocenters. The molecule has 0 saturated carbocycles. The van der Waals surface area contributed by atoms with E-state index in [9.17, 15) is 13.2 Å². The summed E-state index contributed by atoms with van der Waals surface area (Å²) in [5.41, 5.74) is 2.80. The van der Waals surface area contributed by atoms with Crippen LogP contribution in [-0.4, -0.2) is 23.1 Å². The van der Waals surface area contributed by atoms with Crippen LogP contribution in [0.3, 0.4) is 0 Å². The molecule has 1 aromatic rings. The quantitative estimate of drug-likeness (QED) is 0.868. The van der Waals surface area contributed by atoms with Gasteiger partial charge in [-0.1, -0.05) is 6.42 Å². The largest absolute Gasteiger partial charge is 0.433 e. The first kappa shape index (κ1) is 12.2. The van der Waals surface area contributed by atoms with Crippen molar-refractivity contribution < 1.29 is 13.2 Å². The highest BCUT2D eigenvalue weighted by Crippen LogP contribution is 2.27. The Kier molecular flexibility index (Phi) is 3.51. The first-order valence-corrected chi connectivity index (χ1v) is 5.60. The minimum absolute atomic E-state index is 0.597. The van der Waals surface area contributed by atoms with E-state index in [0.29, 0.717) is 5.69 Å². The Morgan fingerprint density at radius 2 is 1.82 bits per heavy atom. The zero-order valence-corrected chi connectivity index (χ0v) is 9.30. The van der Waals surface area contributed by atoms with Gasteiger partial charge in [0.05, 0.1) is 11.9 Å². The molecule has 0 atom stereocenters. The molecule has 1 fully saturated rings. The molecule has 1 aliphatic heterocycles. The number of alkyl halides is 3. The van der Waals surface area contributed by atoms with Crippen LogP contribution in [0.1, 0.15) is 25.0 Å². The number of halogens is 3. The maximum absolute atomic E-state index is 12.3. The van der Waals surface area contributed by atoms with Gasteiger partial charge in [-0.2, -0.15) is 13.2 Å². The second-order valence-electron chi connectivity index (χ2n) is 4.09. The van der Waals surface area contributed by atoms with Crippen molar-refractivity contribution in [2.75, 3.05) is 18.5 Å². The Morgan fingerprint density at radius 3 is 2.35 bits per heavy atom. The molecule has 1 saturated heterocycles. The minimum Gasteiger partial charge on any atom is -0.317 e. The lowest BCUT2D eigenvalue weighted by atomic mass is 10.2. The van der Waals surface area contributed by atoms with Gasteiger partial charge in [-0.15, -0.1) is 0 Å². The third-order valence-corrected chi connectivity index (χ3v) is 2.70. The van der Waals surface area contributed by atoms with E-state index in [-0.39, 0.29) is 0 Å². The number of anilines is 1. The van der Waals surface area contributed by atoms with Gasteiger partial charge in [0.2, 0.25) is 0 Å². The third kappa shape index (κ3) is 3.33. The summed E-state index contributed by atoms with van der Waals surface area (Å²) in [5, 5.41) is 2.01. The van der Waals surface area contributed by atoms with E-state index < -0.39 is 11.9 Å². The van der Waals surface area contributed by atoms with Gasteiger partial charge in [-0.05, 0) is 25.0 Å². The predicted octanol–water partition coefficient (Wildman–Crippen LogP) is 2.91. The SMILES string of the molecule is FC(F)(F)c1ccc(NN2CCCCC2)cn1. The van der Waals surface area contributed by atoms with E-state index in [2.05, 4.69) is 10.4 Å². The molecule has 17 heavy (non-hydrogen) atoms. The number of nitrogens with one attached hydrogen (secondary N) is 1. The number of hydrazine groups is 1. The third-order valence-electron chi connectivity index (χ3n) is 2.70. The van der Waals surface area contributed by atoms with Crippen LogP contribution in [0, 0.1) is 0 Å². The monoisotopic (exact) mass is 245 g/mol. The van der Waals surface area contributed by atoms with Crippen LogP contribution in [0.25, 0.3) is 0 Å². The number of rotatable bonds is 2. The summed E-state index contributed by atoms with van der Waals surface area (Å²) in [4.78, 5) is 3.40. The van der Waals surface area contributed by atoms with Crippen molar-refractivity contribution in [3.05, 3.63) is 24.0 Å². The predicted molar refractivity (Wildman–Crippen MR) is 58.3 cm³/mol. The summed E-state index contributed by atoms with van der Waals surface area (Å²) >= 11 is 0. The van der Waals surface area contributed by atoms with Crippen molar-refractivity contribution in [2.45, 2.75) is 25.4 Å². The Labute approximate surface area is 97.6 Å². The van der Waals surface area contributed by atoms with Crippen LogP contribution in [0.2, 0.25) is 0 Å². The maximum Gasteiger partial charge on any atom is 0.433 e. The van der Waals surface area contributed by atoms with Crippen LogP contribution < -0.4 is 5.43 Å². The smallest absolute Gasteiger partial charge is 0.317 e. The number of hydrogen-bond donors (Lipinski definition) is 1. The maximum atomic E-state index is 12.3. The highest BCUT2D eigenvalue weighted by atomic mass is 19.4. The van der Waals surface area contributed by atoms with E-state index in [0.717, 1.165) is 32.0 Å². The van der Waals surface area contributed by atoms with Gasteiger partial charge in [0.1, 0.15) is 5.69 Å². The van der Waals surface area contributed by atoms with E-state index in [1.54, 1.807) is 0 Å². The summed E-state index contributed by atoms with van der Waals surface area (Å²) in [6.45, 7) is 1.84. The number of nitrogens with zero attached hydrogens (tertiary/aromatic N) is 2. The topological polar surface area (TPSA) is 28.2 Å². The molecule has 1 aromatic heterocycles. The van der Waals surface area contributed by atoms with Crippen molar-refractivity contribution in [3.8, 4) is 0 Å². The molecule has 0 amide bonds. The summed E-state index contributed by atoms with van der Waals surface area (Å²) in [6, 6.07) is 2.40. The average molecular weight is 245 g/mol. The van der Waals surface area contributed by atoms with Crippen LogP contribution in [-0.2, 0) is 6.18 Å². The first-order chi connectivity index (χ1) is 8.05. The number of aromatic nitrogens is 1. The van der Waals surface area contributed by atoms with Gasteiger partial charge in [-0.3, -0.25) is 0 Å². The lowest BCUT2D eigenvalue weighted by molar-refractivity contribution is -0.141. The first-order valence-electron chi connectivity index (χ1n) is 5.60. The zero-order chi connectivity index (χ0) is 12.3. The normalized spacial score (nSPS) is 18.1.